The second-order valence-corrected chi connectivity index (χ2v) is 9.04. The Balaban J connectivity index is 1.68. The van der Waals surface area contributed by atoms with E-state index in [1.54, 1.807) is 30.2 Å². The molecule has 1 heterocycles. The number of rotatable bonds is 7. The van der Waals surface area contributed by atoms with Crippen molar-refractivity contribution in [2.45, 2.75) is 50.1 Å². The van der Waals surface area contributed by atoms with E-state index in [9.17, 15) is 9.59 Å². The molecule has 1 aliphatic carbocycles. The minimum atomic E-state index is -0.973. The predicted molar refractivity (Wildman–Crippen MR) is 131 cm³/mol. The highest BCUT2D eigenvalue weighted by atomic mass is 16.5. The van der Waals surface area contributed by atoms with Gasteiger partial charge in [-0.25, -0.2) is 0 Å². The summed E-state index contributed by atoms with van der Waals surface area (Å²) in [4.78, 5) is 28.7. The Hall–Kier alpha value is -3.39. The lowest BCUT2D eigenvalue weighted by molar-refractivity contribution is -0.146. The second kappa shape index (κ2) is 9.85. The molecule has 1 aliphatic heterocycles. The van der Waals surface area contributed by atoms with Crippen LogP contribution in [0.25, 0.3) is 0 Å². The van der Waals surface area contributed by atoms with E-state index in [0.717, 1.165) is 36.8 Å². The zero-order valence-corrected chi connectivity index (χ0v) is 19.6. The number of nitrogens with two attached hydrogens (primary N) is 2. The summed E-state index contributed by atoms with van der Waals surface area (Å²) >= 11 is 0. The van der Waals surface area contributed by atoms with Crippen LogP contribution in [0.15, 0.2) is 42.5 Å². The van der Waals surface area contributed by atoms with E-state index >= 15 is 0 Å². The Morgan fingerprint density at radius 2 is 2.03 bits per heavy atom. The molecular formula is C26H33N5O3. The number of aryl methyl sites for hydroxylation is 1. The van der Waals surface area contributed by atoms with Gasteiger partial charge in [-0.15, -0.1) is 0 Å². The number of methoxy groups -OCH3 is 1. The van der Waals surface area contributed by atoms with E-state index in [0.29, 0.717) is 24.3 Å². The lowest BCUT2D eigenvalue weighted by Gasteiger charge is -2.45. The molecule has 8 heteroatoms. The number of nitrogen functional groups attached to an aromatic ring is 1. The third kappa shape index (κ3) is 4.14. The third-order valence-corrected chi connectivity index (χ3v) is 7.27. The van der Waals surface area contributed by atoms with Gasteiger partial charge in [-0.05, 0) is 49.3 Å². The van der Waals surface area contributed by atoms with E-state index in [-0.39, 0.29) is 36.7 Å². The van der Waals surface area contributed by atoms with Gasteiger partial charge in [-0.2, -0.15) is 0 Å². The Kier molecular flexibility index (Phi) is 6.88. The summed E-state index contributed by atoms with van der Waals surface area (Å²) in [6, 6.07) is 13.5. The number of benzene rings is 2. The fourth-order valence-corrected chi connectivity index (χ4v) is 5.69. The fraction of sp³-hybridized carbons (Fsp3) is 0.423. The molecule has 6 N–H and O–H groups in total. The van der Waals surface area contributed by atoms with Gasteiger partial charge < -0.3 is 26.4 Å². The van der Waals surface area contributed by atoms with E-state index in [2.05, 4.69) is 17.4 Å². The number of amides is 2. The number of carbonyl (C=O) groups is 2. The number of nitrogens with one attached hydrogen (secondary N) is 2. The molecule has 180 valence electrons. The highest BCUT2D eigenvalue weighted by Crippen LogP contribution is 2.47. The van der Waals surface area contributed by atoms with Crippen molar-refractivity contribution in [1.82, 2.24) is 10.2 Å². The van der Waals surface area contributed by atoms with Crippen LogP contribution in [0.5, 0.6) is 5.75 Å². The van der Waals surface area contributed by atoms with Crippen LogP contribution in [-0.2, 0) is 22.6 Å². The van der Waals surface area contributed by atoms with Crippen molar-refractivity contribution < 1.29 is 14.3 Å². The number of likely N-dealkylation sites (tertiary alicyclic amines) is 1. The molecule has 2 amide bonds. The van der Waals surface area contributed by atoms with Crippen LogP contribution >= 0.6 is 0 Å². The average Bonchev–Trinajstić information content (AvgIpc) is 3.32. The van der Waals surface area contributed by atoms with E-state index in [4.69, 9.17) is 21.6 Å². The summed E-state index contributed by atoms with van der Waals surface area (Å²) in [5, 5.41) is 10.7. The lowest BCUT2D eigenvalue weighted by atomic mass is 9.69. The van der Waals surface area contributed by atoms with Crippen molar-refractivity contribution in [3.8, 4) is 5.75 Å². The average molecular weight is 464 g/mol. The number of fused-ring (bicyclic) bond motifs is 1. The summed E-state index contributed by atoms with van der Waals surface area (Å²) in [6.07, 6.45) is 4.16. The summed E-state index contributed by atoms with van der Waals surface area (Å²) in [7, 11) is 1.55. The summed E-state index contributed by atoms with van der Waals surface area (Å²) in [5.41, 5.74) is 14.1. The van der Waals surface area contributed by atoms with Crippen LogP contribution in [0.3, 0.4) is 0 Å². The smallest absolute Gasteiger partial charge is 0.246 e. The molecule has 0 aromatic heterocycles. The molecule has 2 atom stereocenters. The fourth-order valence-electron chi connectivity index (χ4n) is 5.69. The number of ether oxygens (including phenoxy) is 1. The third-order valence-electron chi connectivity index (χ3n) is 7.27. The van der Waals surface area contributed by atoms with Crippen molar-refractivity contribution >= 4 is 17.6 Å². The first-order chi connectivity index (χ1) is 16.4. The van der Waals surface area contributed by atoms with Crippen molar-refractivity contribution in [3.63, 3.8) is 0 Å². The van der Waals surface area contributed by atoms with Gasteiger partial charge in [0.25, 0.3) is 0 Å². The maximum absolute atomic E-state index is 14.0. The number of carbonyl (C=O) groups excluding carboxylic acids is 2. The van der Waals surface area contributed by atoms with Gasteiger partial charge in [-0.1, -0.05) is 36.4 Å². The van der Waals surface area contributed by atoms with Crippen LogP contribution in [-0.4, -0.2) is 48.3 Å². The topological polar surface area (TPSA) is 135 Å². The molecule has 2 aromatic rings. The minimum absolute atomic E-state index is 0.0503. The Labute approximate surface area is 200 Å². The van der Waals surface area contributed by atoms with Gasteiger partial charge in [0.15, 0.2) is 0 Å². The summed E-state index contributed by atoms with van der Waals surface area (Å²) in [5.74, 6) is 0.0554. The van der Waals surface area contributed by atoms with Crippen LogP contribution in [0, 0.1) is 5.41 Å². The molecular weight excluding hydrogens is 430 g/mol. The maximum Gasteiger partial charge on any atom is 0.246 e. The van der Waals surface area contributed by atoms with Crippen LogP contribution < -0.4 is 21.5 Å². The molecule has 0 spiro atoms. The second-order valence-electron chi connectivity index (χ2n) is 9.04. The van der Waals surface area contributed by atoms with Gasteiger partial charge in [0.1, 0.15) is 17.1 Å². The van der Waals surface area contributed by atoms with Crippen LogP contribution in [0.2, 0.25) is 0 Å². The molecule has 34 heavy (non-hydrogen) atoms. The molecule has 1 fully saturated rings. The van der Waals surface area contributed by atoms with E-state index in [1.807, 2.05) is 12.1 Å². The molecule has 1 saturated heterocycles. The van der Waals surface area contributed by atoms with Crippen molar-refractivity contribution in [2.75, 3.05) is 20.2 Å². The molecule has 2 aliphatic rings. The van der Waals surface area contributed by atoms with Gasteiger partial charge >= 0.3 is 0 Å². The normalized spacial score (nSPS) is 21.6. The molecule has 1 unspecified atom stereocenters. The summed E-state index contributed by atoms with van der Waals surface area (Å²) in [6.45, 7) is 0.642. The first-order valence-corrected chi connectivity index (χ1v) is 11.8. The van der Waals surface area contributed by atoms with Crippen LogP contribution in [0.1, 0.15) is 53.9 Å². The Morgan fingerprint density at radius 3 is 2.76 bits per heavy atom. The maximum atomic E-state index is 14.0. The quantitative estimate of drug-likeness (QED) is 0.368. The van der Waals surface area contributed by atoms with Crippen molar-refractivity contribution in [1.29, 1.82) is 5.41 Å². The van der Waals surface area contributed by atoms with Crippen molar-refractivity contribution in [2.24, 2.45) is 11.5 Å². The number of hydrogen-bond donors (Lipinski definition) is 4. The van der Waals surface area contributed by atoms with Crippen LogP contribution in [0.4, 0.5) is 0 Å². The van der Waals surface area contributed by atoms with Gasteiger partial charge in [-0.3, -0.25) is 15.0 Å². The zero-order chi connectivity index (χ0) is 24.3. The van der Waals surface area contributed by atoms with Gasteiger partial charge in [0.05, 0.1) is 13.7 Å². The first kappa shape index (κ1) is 23.8. The molecule has 0 radical (unpaired) electrons. The zero-order valence-electron chi connectivity index (χ0n) is 19.6. The molecule has 0 bridgehead atoms. The van der Waals surface area contributed by atoms with Crippen molar-refractivity contribution in [3.05, 3.63) is 64.7 Å². The van der Waals surface area contributed by atoms with Gasteiger partial charge in [0, 0.05) is 30.1 Å². The van der Waals surface area contributed by atoms with Gasteiger partial charge in [0.2, 0.25) is 11.8 Å². The first-order valence-electron chi connectivity index (χ1n) is 11.8. The standard InChI is InChI=1S/C26H33N5O3/c1-34-22-14-18(24(28)29)10-11-19(22)16-30-25(33)26(12-5-13-31(26)23(32)15-27)21-9-4-7-17-6-2-3-8-20(17)21/h2-3,6,8,10-11,14,21H,4-5,7,9,12-13,15-16,27H2,1H3,(H3,28,29)(H,30,33)/t21?,26-/m1/s1. The SMILES string of the molecule is COc1cc(C(=N)N)ccc1CNC(=O)[C@]1(C2CCCc3ccccc32)CCCN1C(=O)CN. The predicted octanol–water partition coefficient (Wildman–Crippen LogP) is 2.04. The largest absolute Gasteiger partial charge is 0.496 e. The van der Waals surface area contributed by atoms with E-state index < -0.39 is 5.54 Å². The van der Waals surface area contributed by atoms with E-state index in [1.165, 1.54) is 5.56 Å². The molecule has 4 rings (SSSR count). The highest BCUT2D eigenvalue weighted by Gasteiger charge is 2.55. The number of hydrogen-bond acceptors (Lipinski definition) is 5. The highest BCUT2D eigenvalue weighted by molar-refractivity contribution is 5.96. The number of nitrogens with zero attached hydrogens (tertiary/aromatic N) is 1. The minimum Gasteiger partial charge on any atom is -0.496 e. The summed E-state index contributed by atoms with van der Waals surface area (Å²) < 4.78 is 5.47. The molecule has 2 aromatic carbocycles. The Bertz CT molecular complexity index is 1100. The molecule has 0 saturated carbocycles. The Morgan fingerprint density at radius 1 is 1.24 bits per heavy atom. The monoisotopic (exact) mass is 463 g/mol. The number of amidine groups is 1. The lowest BCUT2D eigenvalue weighted by Crippen LogP contribution is -2.61. The molecule has 8 nitrogen and oxygen atoms in total.